The molecule has 2 heterocycles. The Labute approximate surface area is 149 Å². The minimum absolute atomic E-state index is 0.150. The molecule has 1 aromatic carbocycles. The minimum Gasteiger partial charge on any atom is -0.497 e. The van der Waals surface area contributed by atoms with Crippen molar-refractivity contribution in [3.63, 3.8) is 0 Å². The summed E-state index contributed by atoms with van der Waals surface area (Å²) in [6, 6.07) is 10.4. The molecule has 0 aliphatic rings. The fraction of sp³-hybridized carbons (Fsp3) is 0.222. The highest BCUT2D eigenvalue weighted by Crippen LogP contribution is 2.22. The number of aromatic nitrogens is 3. The van der Waals surface area contributed by atoms with Crippen LogP contribution in [0.15, 0.2) is 47.0 Å². The van der Waals surface area contributed by atoms with E-state index in [4.69, 9.17) is 18.6 Å². The second-order valence-corrected chi connectivity index (χ2v) is 5.09. The van der Waals surface area contributed by atoms with Gasteiger partial charge in [0, 0.05) is 11.8 Å². The van der Waals surface area contributed by atoms with Crippen molar-refractivity contribution < 1.29 is 23.4 Å². The quantitative estimate of drug-likeness (QED) is 0.597. The van der Waals surface area contributed by atoms with E-state index >= 15 is 0 Å². The lowest BCUT2D eigenvalue weighted by Gasteiger charge is -2.07. The summed E-state index contributed by atoms with van der Waals surface area (Å²) in [6.07, 6.45) is 1.54. The van der Waals surface area contributed by atoms with Gasteiger partial charge >= 0.3 is 5.97 Å². The first-order valence-corrected chi connectivity index (χ1v) is 7.93. The number of carbonyl (C=O) groups excluding carboxylic acids is 1. The minimum atomic E-state index is -0.578. The Morgan fingerprint density at radius 3 is 2.69 bits per heavy atom. The molecule has 0 aliphatic heterocycles. The smallest absolute Gasteiger partial charge is 0.344 e. The maximum Gasteiger partial charge on any atom is 0.344 e. The molecule has 0 atom stereocenters. The number of benzene rings is 1. The van der Waals surface area contributed by atoms with Crippen molar-refractivity contribution in [2.45, 2.75) is 13.5 Å². The molecule has 3 aromatic rings. The number of methoxy groups -OCH3 is 1. The normalized spacial score (nSPS) is 10.4. The van der Waals surface area contributed by atoms with Crippen LogP contribution < -0.4 is 9.47 Å². The average Bonchev–Trinajstić information content (AvgIpc) is 3.16. The fourth-order valence-corrected chi connectivity index (χ4v) is 2.17. The van der Waals surface area contributed by atoms with Gasteiger partial charge in [0.05, 0.1) is 13.7 Å². The van der Waals surface area contributed by atoms with Gasteiger partial charge in [0.15, 0.2) is 6.61 Å². The summed E-state index contributed by atoms with van der Waals surface area (Å²) in [5, 5.41) is 7.84. The van der Waals surface area contributed by atoms with Crippen molar-refractivity contribution in [1.82, 2.24) is 15.2 Å². The van der Waals surface area contributed by atoms with E-state index in [1.54, 1.807) is 49.7 Å². The van der Waals surface area contributed by atoms with Gasteiger partial charge in [-0.25, -0.2) is 9.78 Å². The van der Waals surface area contributed by atoms with Crippen LogP contribution >= 0.6 is 0 Å². The summed E-state index contributed by atoms with van der Waals surface area (Å²) in [6.45, 7) is 2.05. The van der Waals surface area contributed by atoms with Gasteiger partial charge in [-0.2, -0.15) is 0 Å². The van der Waals surface area contributed by atoms with Crippen molar-refractivity contribution in [2.75, 3.05) is 13.7 Å². The summed E-state index contributed by atoms with van der Waals surface area (Å²) < 4.78 is 21.2. The Kier molecular flexibility index (Phi) is 5.43. The van der Waals surface area contributed by atoms with Gasteiger partial charge in [0.1, 0.15) is 11.3 Å². The van der Waals surface area contributed by atoms with E-state index in [1.807, 2.05) is 6.92 Å². The molecule has 0 radical (unpaired) electrons. The molecular weight excluding hydrogens is 338 g/mol. The van der Waals surface area contributed by atoms with E-state index in [1.165, 1.54) is 0 Å². The van der Waals surface area contributed by atoms with Crippen molar-refractivity contribution >= 4 is 5.97 Å². The number of nitrogens with zero attached hydrogens (tertiary/aromatic N) is 3. The number of ether oxygens (including phenoxy) is 3. The van der Waals surface area contributed by atoms with Gasteiger partial charge in [-0.3, -0.25) is 0 Å². The van der Waals surface area contributed by atoms with Crippen molar-refractivity contribution in [2.24, 2.45) is 0 Å². The van der Waals surface area contributed by atoms with Gasteiger partial charge in [-0.15, -0.1) is 10.2 Å². The molecule has 0 unspecified atom stereocenters. The molecule has 0 bridgehead atoms. The average molecular weight is 355 g/mol. The van der Waals surface area contributed by atoms with E-state index in [9.17, 15) is 4.79 Å². The monoisotopic (exact) mass is 355 g/mol. The summed E-state index contributed by atoms with van der Waals surface area (Å²) in [7, 11) is 1.59. The topological polar surface area (TPSA) is 96.6 Å². The van der Waals surface area contributed by atoms with Crippen molar-refractivity contribution in [3.8, 4) is 23.1 Å². The molecule has 0 aliphatic carbocycles. The molecule has 0 fully saturated rings. The Morgan fingerprint density at radius 1 is 1.15 bits per heavy atom. The second-order valence-electron chi connectivity index (χ2n) is 5.09. The Hall–Kier alpha value is -3.42. The lowest BCUT2D eigenvalue weighted by atomic mass is 10.2. The molecule has 134 valence electrons. The van der Waals surface area contributed by atoms with E-state index in [2.05, 4.69) is 15.2 Å². The third-order valence-corrected chi connectivity index (χ3v) is 3.40. The van der Waals surface area contributed by atoms with Gasteiger partial charge < -0.3 is 18.6 Å². The highest BCUT2D eigenvalue weighted by atomic mass is 16.5. The molecule has 0 saturated carbocycles. The van der Waals surface area contributed by atoms with Gasteiger partial charge in [0.25, 0.3) is 5.89 Å². The number of rotatable bonds is 7. The Balaban J connectivity index is 1.65. The third kappa shape index (κ3) is 3.97. The van der Waals surface area contributed by atoms with Gasteiger partial charge in [0.2, 0.25) is 11.8 Å². The van der Waals surface area contributed by atoms with Crippen molar-refractivity contribution in [3.05, 3.63) is 54.0 Å². The first kappa shape index (κ1) is 17.4. The van der Waals surface area contributed by atoms with Crippen LogP contribution in [-0.2, 0) is 11.3 Å². The maximum absolute atomic E-state index is 12.2. The number of pyridine rings is 1. The van der Waals surface area contributed by atoms with Crippen LogP contribution in [-0.4, -0.2) is 34.9 Å². The zero-order valence-corrected chi connectivity index (χ0v) is 14.3. The molecule has 0 saturated heterocycles. The summed E-state index contributed by atoms with van der Waals surface area (Å²) >= 11 is 0. The zero-order chi connectivity index (χ0) is 18.4. The van der Waals surface area contributed by atoms with E-state index in [0.717, 1.165) is 11.3 Å². The SMILES string of the molecule is CCOc1ncccc1C(=O)OCc1nnc(-c2ccc(OC)cc2)o1. The first-order chi connectivity index (χ1) is 12.7. The Bertz CT molecular complexity index is 877. The molecule has 0 N–H and O–H groups in total. The second kappa shape index (κ2) is 8.11. The summed E-state index contributed by atoms with van der Waals surface area (Å²) in [5.41, 5.74) is 0.978. The lowest BCUT2D eigenvalue weighted by molar-refractivity contribution is 0.0433. The molecular formula is C18H17N3O5. The predicted octanol–water partition coefficient (Wildman–Crippen LogP) is 2.90. The number of hydrogen-bond donors (Lipinski definition) is 0. The molecule has 26 heavy (non-hydrogen) atoms. The summed E-state index contributed by atoms with van der Waals surface area (Å²) in [5.74, 6) is 0.889. The highest BCUT2D eigenvalue weighted by molar-refractivity contribution is 5.91. The molecule has 0 amide bonds. The standard InChI is InChI=1S/C18H17N3O5/c1-3-24-17-14(5-4-10-19-17)18(22)25-11-15-20-21-16(26-15)12-6-8-13(23-2)9-7-12/h4-10H,3,11H2,1-2H3. The van der Waals surface area contributed by atoms with Gasteiger partial charge in [-0.05, 0) is 43.3 Å². The van der Waals surface area contributed by atoms with E-state index in [-0.39, 0.29) is 23.9 Å². The third-order valence-electron chi connectivity index (χ3n) is 3.40. The van der Waals surface area contributed by atoms with Crippen molar-refractivity contribution in [1.29, 1.82) is 0 Å². The van der Waals surface area contributed by atoms with Crippen LogP contribution in [0.3, 0.4) is 0 Å². The number of esters is 1. The molecule has 3 rings (SSSR count). The zero-order valence-electron chi connectivity index (χ0n) is 14.3. The van der Waals surface area contributed by atoms with Crippen LogP contribution in [0.25, 0.3) is 11.5 Å². The maximum atomic E-state index is 12.2. The molecule has 8 nitrogen and oxygen atoms in total. The fourth-order valence-electron chi connectivity index (χ4n) is 2.17. The van der Waals surface area contributed by atoms with Crippen LogP contribution in [0.5, 0.6) is 11.6 Å². The lowest BCUT2D eigenvalue weighted by Crippen LogP contribution is -2.09. The van der Waals surface area contributed by atoms with Crippen LogP contribution in [0, 0.1) is 0 Å². The molecule has 0 spiro atoms. The van der Waals surface area contributed by atoms with E-state index in [0.29, 0.717) is 12.5 Å². The highest BCUT2D eigenvalue weighted by Gasteiger charge is 2.17. The largest absolute Gasteiger partial charge is 0.497 e. The predicted molar refractivity (Wildman–Crippen MR) is 90.8 cm³/mol. The van der Waals surface area contributed by atoms with Crippen LogP contribution in [0.1, 0.15) is 23.2 Å². The van der Waals surface area contributed by atoms with Gasteiger partial charge in [-0.1, -0.05) is 0 Å². The summed E-state index contributed by atoms with van der Waals surface area (Å²) in [4.78, 5) is 16.2. The molecule has 2 aromatic heterocycles. The number of hydrogen-bond acceptors (Lipinski definition) is 8. The van der Waals surface area contributed by atoms with E-state index < -0.39 is 5.97 Å². The van der Waals surface area contributed by atoms with Crippen LogP contribution in [0.2, 0.25) is 0 Å². The Morgan fingerprint density at radius 2 is 1.96 bits per heavy atom. The van der Waals surface area contributed by atoms with Crippen LogP contribution in [0.4, 0.5) is 0 Å². The number of carbonyl (C=O) groups is 1. The first-order valence-electron chi connectivity index (χ1n) is 7.93. The molecule has 8 heteroatoms.